The fraction of sp³-hybridized carbons (Fsp3) is 0.795. The molecule has 0 saturated heterocycles. The van der Waals surface area contributed by atoms with E-state index >= 15 is 0 Å². The Morgan fingerprint density at radius 3 is 1.67 bits per heavy atom. The number of nitrogens with zero attached hydrogens (tertiary/aromatic N) is 1. The molecule has 1 unspecified atom stereocenters. The van der Waals surface area contributed by atoms with Crippen LogP contribution in [0.2, 0.25) is 0 Å². The van der Waals surface area contributed by atoms with E-state index in [1.165, 1.54) is 64.2 Å². The number of ether oxygens (including phenoxy) is 2. The molecule has 9 nitrogen and oxygen atoms in total. The molecule has 286 valence electrons. The molecule has 49 heavy (non-hydrogen) atoms. The van der Waals surface area contributed by atoms with Crippen LogP contribution < -0.4 is 0 Å². The van der Waals surface area contributed by atoms with Gasteiger partial charge in [0.05, 0.1) is 27.7 Å². The lowest BCUT2D eigenvalue weighted by atomic mass is 10.1. The molecule has 0 spiro atoms. The average Bonchev–Trinajstić information content (AvgIpc) is 3.04. The highest BCUT2D eigenvalue weighted by Gasteiger charge is 2.27. The van der Waals surface area contributed by atoms with E-state index in [0.717, 1.165) is 51.4 Å². The van der Waals surface area contributed by atoms with Gasteiger partial charge in [0.1, 0.15) is 19.8 Å². The molecule has 0 aromatic rings. The molecule has 0 aliphatic rings. The molecule has 0 aromatic heterocycles. The number of carbonyl (C=O) groups is 2. The standard InChI is InChI=1S/C39H72NO8P/c1-6-8-10-12-14-16-18-19-20-21-22-24-26-28-30-32-39(42)48-37(36-47-49(43,44)46-34-33-40(3,4)5)35-45-38(41)31-29-27-25-23-17-15-13-11-9-7-2/h14,16,19-20,22,24,37H,6-13,15,17-18,21,23,25-36H2,1-5H3/p+1/b16-14+,20-19+,24-22+/t37-/m1/s1. The molecule has 0 saturated carbocycles. The van der Waals surface area contributed by atoms with Gasteiger partial charge in [0, 0.05) is 12.8 Å². The van der Waals surface area contributed by atoms with Crippen molar-refractivity contribution in [1.29, 1.82) is 0 Å². The first-order valence-corrected chi connectivity index (χ1v) is 20.7. The maximum Gasteiger partial charge on any atom is 0.472 e. The Morgan fingerprint density at radius 2 is 1.10 bits per heavy atom. The smallest absolute Gasteiger partial charge is 0.462 e. The van der Waals surface area contributed by atoms with Gasteiger partial charge in [0.25, 0.3) is 0 Å². The summed E-state index contributed by atoms with van der Waals surface area (Å²) in [7, 11) is 1.45. The van der Waals surface area contributed by atoms with Crippen molar-refractivity contribution in [1.82, 2.24) is 0 Å². The van der Waals surface area contributed by atoms with Crippen molar-refractivity contribution in [2.45, 2.75) is 155 Å². The summed E-state index contributed by atoms with van der Waals surface area (Å²) in [6, 6.07) is 0. The van der Waals surface area contributed by atoms with Crippen LogP contribution in [0.15, 0.2) is 36.5 Å². The zero-order chi connectivity index (χ0) is 36.5. The number of hydrogen-bond donors (Lipinski definition) is 1. The van der Waals surface area contributed by atoms with Gasteiger partial charge in [-0.1, -0.05) is 121 Å². The largest absolute Gasteiger partial charge is 0.472 e. The SMILES string of the molecule is CCCCC/C=C/C/C=C/C/C=C/CCCCC(=O)O[C@H](COC(=O)CCCCCCCCCCCC)COP(=O)(O)OCC[N+](C)(C)C. The van der Waals surface area contributed by atoms with Crippen LogP contribution >= 0.6 is 7.82 Å². The Balaban J connectivity index is 4.52. The highest BCUT2D eigenvalue weighted by Crippen LogP contribution is 2.43. The third-order valence-corrected chi connectivity index (χ3v) is 8.91. The van der Waals surface area contributed by atoms with Crippen molar-refractivity contribution in [3.8, 4) is 0 Å². The molecule has 0 rings (SSSR count). The van der Waals surface area contributed by atoms with Crippen molar-refractivity contribution in [3.05, 3.63) is 36.5 Å². The van der Waals surface area contributed by atoms with E-state index in [-0.39, 0.29) is 32.0 Å². The summed E-state index contributed by atoms with van der Waals surface area (Å²) < 4.78 is 34.1. The lowest BCUT2D eigenvalue weighted by molar-refractivity contribution is -0.870. The number of esters is 2. The maximum absolute atomic E-state index is 12.6. The molecule has 10 heteroatoms. The molecule has 0 aromatic carbocycles. The topological polar surface area (TPSA) is 108 Å². The molecule has 0 bridgehead atoms. The fourth-order valence-electron chi connectivity index (χ4n) is 4.84. The zero-order valence-corrected chi connectivity index (χ0v) is 32.8. The van der Waals surface area contributed by atoms with Crippen LogP contribution in [0.25, 0.3) is 0 Å². The summed E-state index contributed by atoms with van der Waals surface area (Å²) in [4.78, 5) is 35.1. The molecule has 0 heterocycles. The second-order valence-electron chi connectivity index (χ2n) is 14.0. The Kier molecular flexibility index (Phi) is 31.0. The van der Waals surface area contributed by atoms with E-state index < -0.39 is 26.5 Å². The van der Waals surface area contributed by atoms with Crippen LogP contribution in [0.1, 0.15) is 149 Å². The summed E-state index contributed by atoms with van der Waals surface area (Å²) in [6.07, 6.45) is 33.4. The predicted octanol–water partition coefficient (Wildman–Crippen LogP) is 10.2. The quantitative estimate of drug-likeness (QED) is 0.0231. The summed E-state index contributed by atoms with van der Waals surface area (Å²) in [5.41, 5.74) is 0. The van der Waals surface area contributed by atoms with Gasteiger partial charge in [-0.25, -0.2) is 4.57 Å². The maximum atomic E-state index is 12.6. The van der Waals surface area contributed by atoms with Crippen LogP contribution in [0.3, 0.4) is 0 Å². The monoisotopic (exact) mass is 715 g/mol. The summed E-state index contributed by atoms with van der Waals surface area (Å²) in [5.74, 6) is -0.847. The van der Waals surface area contributed by atoms with Gasteiger partial charge in [0.2, 0.25) is 0 Å². The van der Waals surface area contributed by atoms with E-state index in [4.69, 9.17) is 18.5 Å². The molecule has 0 aliphatic carbocycles. The third kappa shape index (κ3) is 35.8. The van der Waals surface area contributed by atoms with E-state index in [2.05, 4.69) is 50.3 Å². The number of allylic oxidation sites excluding steroid dienone is 6. The second-order valence-corrected chi connectivity index (χ2v) is 15.4. The molecular weight excluding hydrogens is 641 g/mol. The number of phosphoric acid groups is 1. The molecule has 0 amide bonds. The Labute approximate surface area is 300 Å². The summed E-state index contributed by atoms with van der Waals surface area (Å²) in [5, 5.41) is 0. The van der Waals surface area contributed by atoms with Gasteiger partial charge in [-0.05, 0) is 51.4 Å². The summed E-state index contributed by atoms with van der Waals surface area (Å²) in [6.45, 7) is 4.31. The summed E-state index contributed by atoms with van der Waals surface area (Å²) >= 11 is 0. The van der Waals surface area contributed by atoms with E-state index in [0.29, 0.717) is 17.4 Å². The first-order valence-electron chi connectivity index (χ1n) is 19.2. The Hall–Kier alpha value is -1.77. The first kappa shape index (κ1) is 47.2. The number of carbonyl (C=O) groups excluding carboxylic acids is 2. The number of hydrogen-bond acceptors (Lipinski definition) is 7. The van der Waals surface area contributed by atoms with E-state index in [1.807, 2.05) is 21.1 Å². The van der Waals surface area contributed by atoms with E-state index in [1.54, 1.807) is 0 Å². The highest BCUT2D eigenvalue weighted by molar-refractivity contribution is 7.47. The van der Waals surface area contributed by atoms with Crippen LogP contribution in [0.4, 0.5) is 0 Å². The van der Waals surface area contributed by atoms with Gasteiger partial charge in [-0.3, -0.25) is 18.6 Å². The minimum atomic E-state index is -4.37. The first-order chi connectivity index (χ1) is 23.5. The lowest BCUT2D eigenvalue weighted by Crippen LogP contribution is -2.37. The van der Waals surface area contributed by atoms with E-state index in [9.17, 15) is 19.0 Å². The number of phosphoric ester groups is 1. The van der Waals surface area contributed by atoms with Crippen molar-refractivity contribution < 1.29 is 42.1 Å². The molecule has 0 fully saturated rings. The Morgan fingerprint density at radius 1 is 0.633 bits per heavy atom. The van der Waals surface area contributed by atoms with Gasteiger partial charge in [-0.15, -0.1) is 0 Å². The number of quaternary nitrogens is 1. The van der Waals surface area contributed by atoms with Gasteiger partial charge < -0.3 is 18.9 Å². The third-order valence-electron chi connectivity index (χ3n) is 7.92. The minimum absolute atomic E-state index is 0.0246. The van der Waals surface area contributed by atoms with Crippen molar-refractivity contribution >= 4 is 19.8 Å². The molecule has 2 atom stereocenters. The predicted molar refractivity (Wildman–Crippen MR) is 201 cm³/mol. The van der Waals surface area contributed by atoms with Crippen molar-refractivity contribution in [3.63, 3.8) is 0 Å². The van der Waals surface area contributed by atoms with Crippen molar-refractivity contribution in [2.75, 3.05) is 47.5 Å². The molecular formula is C39H73NO8P+. The number of unbranched alkanes of at least 4 members (excludes halogenated alkanes) is 14. The molecule has 1 N–H and O–H groups in total. The van der Waals surface area contributed by atoms with Crippen LogP contribution in [0, 0.1) is 0 Å². The second kappa shape index (κ2) is 32.2. The zero-order valence-electron chi connectivity index (χ0n) is 31.9. The van der Waals surface area contributed by atoms with Gasteiger partial charge in [-0.2, -0.15) is 0 Å². The van der Waals surface area contributed by atoms with Crippen LogP contribution in [0.5, 0.6) is 0 Å². The number of likely N-dealkylation sites (N-methyl/N-ethyl adjacent to an activating group) is 1. The lowest BCUT2D eigenvalue weighted by Gasteiger charge is -2.24. The van der Waals surface area contributed by atoms with Crippen molar-refractivity contribution in [2.24, 2.45) is 0 Å². The normalized spacial score (nSPS) is 14.2. The highest BCUT2D eigenvalue weighted by atomic mass is 31.2. The minimum Gasteiger partial charge on any atom is -0.462 e. The van der Waals surface area contributed by atoms with Crippen LogP contribution in [-0.4, -0.2) is 74.9 Å². The van der Waals surface area contributed by atoms with Gasteiger partial charge >= 0.3 is 19.8 Å². The number of rotatable bonds is 34. The molecule has 0 radical (unpaired) electrons. The Bertz CT molecular complexity index is 944. The molecule has 0 aliphatic heterocycles. The van der Waals surface area contributed by atoms with Gasteiger partial charge in [0.15, 0.2) is 6.10 Å². The van der Waals surface area contributed by atoms with Crippen LogP contribution in [-0.2, 0) is 32.7 Å². The fourth-order valence-corrected chi connectivity index (χ4v) is 5.58. The average molecular weight is 715 g/mol.